The summed E-state index contributed by atoms with van der Waals surface area (Å²) in [6, 6.07) is 47.0. The number of hydrogen-bond acceptors (Lipinski definition) is 2. The monoisotopic (exact) mass is 694 g/mol. The molecule has 0 heterocycles. The summed E-state index contributed by atoms with van der Waals surface area (Å²) in [7, 11) is 0. The van der Waals surface area contributed by atoms with Gasteiger partial charge in [0.25, 0.3) is 0 Å². The fraction of sp³-hybridized carbons (Fsp3) is 0.115. The Bertz CT molecular complexity index is 2620. The Balaban J connectivity index is 1.01. The van der Waals surface area contributed by atoms with Crippen LogP contribution in [0.25, 0.3) is 33.2 Å². The zero-order valence-electron chi connectivity index (χ0n) is 30.4. The molecule has 0 aliphatic heterocycles. The lowest BCUT2D eigenvalue weighted by molar-refractivity contribution is 0.715. The second-order valence-corrected chi connectivity index (χ2v) is 14.7. The molecule has 54 heavy (non-hydrogen) atoms. The topological polar surface area (TPSA) is 6.48 Å². The SMILES string of the molecule is C1=CC2=C(N(c3cccc4ccccc34)C3C=CC(c4ccc(N(c5cccc6c5C=CCC6)c5cccc6ccccc56)cc4)=CC3)C=CCC2C=C1. The molecule has 0 saturated carbocycles. The highest BCUT2D eigenvalue weighted by atomic mass is 15.2. The van der Waals surface area contributed by atoms with Crippen LogP contribution in [-0.2, 0) is 6.42 Å². The maximum atomic E-state index is 2.59. The molecule has 0 radical (unpaired) electrons. The van der Waals surface area contributed by atoms with Gasteiger partial charge in [-0.2, -0.15) is 0 Å². The summed E-state index contributed by atoms with van der Waals surface area (Å²) in [5.74, 6) is 0.413. The Kier molecular flexibility index (Phi) is 8.30. The summed E-state index contributed by atoms with van der Waals surface area (Å²) in [6.45, 7) is 0. The molecular formula is C52H42N2. The molecule has 0 amide bonds. The fourth-order valence-electron chi connectivity index (χ4n) is 8.89. The molecule has 4 aliphatic carbocycles. The van der Waals surface area contributed by atoms with Gasteiger partial charge >= 0.3 is 0 Å². The molecule has 2 atom stereocenters. The first-order valence-electron chi connectivity index (χ1n) is 19.4. The van der Waals surface area contributed by atoms with Crippen molar-refractivity contribution in [3.8, 4) is 0 Å². The van der Waals surface area contributed by atoms with E-state index in [1.165, 1.54) is 72.1 Å². The molecule has 2 nitrogen and oxygen atoms in total. The minimum absolute atomic E-state index is 0.184. The Morgan fingerprint density at radius 3 is 2.06 bits per heavy atom. The molecule has 0 fully saturated rings. The highest BCUT2D eigenvalue weighted by Crippen LogP contribution is 2.44. The van der Waals surface area contributed by atoms with Gasteiger partial charge in [-0.3, -0.25) is 0 Å². The van der Waals surface area contributed by atoms with Gasteiger partial charge in [0.2, 0.25) is 0 Å². The fourth-order valence-corrected chi connectivity index (χ4v) is 8.89. The van der Waals surface area contributed by atoms with E-state index in [0.29, 0.717) is 5.92 Å². The van der Waals surface area contributed by atoms with E-state index in [1.807, 2.05) is 0 Å². The van der Waals surface area contributed by atoms with Gasteiger partial charge in [0, 0.05) is 39.3 Å². The second kappa shape index (κ2) is 13.9. The maximum absolute atomic E-state index is 2.59. The molecule has 0 spiro atoms. The normalized spacial score (nSPS) is 18.5. The largest absolute Gasteiger partial charge is 0.333 e. The van der Waals surface area contributed by atoms with Gasteiger partial charge in [-0.15, -0.1) is 0 Å². The van der Waals surface area contributed by atoms with E-state index in [2.05, 4.69) is 204 Å². The number of fused-ring (bicyclic) bond motifs is 4. The van der Waals surface area contributed by atoms with Crippen molar-refractivity contribution in [2.24, 2.45) is 5.92 Å². The number of benzene rings is 6. The minimum atomic E-state index is 0.184. The van der Waals surface area contributed by atoms with Crippen molar-refractivity contribution < 1.29 is 0 Å². The maximum Gasteiger partial charge on any atom is 0.0560 e. The molecule has 6 aromatic carbocycles. The molecule has 2 heteroatoms. The van der Waals surface area contributed by atoms with Crippen LogP contribution in [-0.4, -0.2) is 6.04 Å². The number of rotatable bonds is 7. The summed E-state index contributed by atoms with van der Waals surface area (Å²) in [4.78, 5) is 5.05. The van der Waals surface area contributed by atoms with E-state index in [9.17, 15) is 0 Å². The van der Waals surface area contributed by atoms with Crippen molar-refractivity contribution in [2.45, 2.75) is 31.7 Å². The second-order valence-electron chi connectivity index (χ2n) is 14.7. The van der Waals surface area contributed by atoms with E-state index < -0.39 is 0 Å². The third-order valence-electron chi connectivity index (χ3n) is 11.5. The Labute approximate surface area is 318 Å². The Hall–Kier alpha value is -6.38. The number of allylic oxidation sites excluding steroid dienone is 10. The molecule has 0 bridgehead atoms. The predicted molar refractivity (Wildman–Crippen MR) is 230 cm³/mol. The van der Waals surface area contributed by atoms with Crippen LogP contribution < -0.4 is 9.80 Å². The molecule has 0 aromatic heterocycles. The Morgan fingerprint density at radius 1 is 0.537 bits per heavy atom. The first kappa shape index (κ1) is 32.3. The van der Waals surface area contributed by atoms with Gasteiger partial charge < -0.3 is 9.80 Å². The molecule has 6 aromatic rings. The van der Waals surface area contributed by atoms with Crippen molar-refractivity contribution >= 4 is 55.9 Å². The van der Waals surface area contributed by atoms with Crippen LogP contribution in [0.15, 0.2) is 199 Å². The number of anilines is 4. The lowest BCUT2D eigenvalue weighted by atomic mass is 9.85. The quantitative estimate of drug-likeness (QED) is 0.164. The standard InChI is InChI=1S/C52H42N2/c1-5-21-45-39(13-1)17-9-25-49(45)53(50-26-10-18-40-14-2-6-22-46(40)50)43-33-29-37(30-34-43)38-31-35-44(36-32-38)54(51-27-11-19-41-15-3-7-23-47(41)51)52-28-12-20-42-16-4-8-24-48(42)52/h1-3,5-15,17,19-33,35-36,40,43H,4,16,18,34H2. The van der Waals surface area contributed by atoms with Crippen LogP contribution in [0.4, 0.5) is 22.7 Å². The average Bonchev–Trinajstić information content (AvgIpc) is 3.25. The molecule has 0 saturated heterocycles. The van der Waals surface area contributed by atoms with E-state index >= 15 is 0 Å². The van der Waals surface area contributed by atoms with Crippen molar-refractivity contribution in [3.63, 3.8) is 0 Å². The van der Waals surface area contributed by atoms with Crippen molar-refractivity contribution in [2.75, 3.05) is 9.80 Å². The summed E-state index contributed by atoms with van der Waals surface area (Å²) in [5.41, 5.74) is 12.8. The molecule has 10 rings (SSSR count). The summed E-state index contributed by atoms with van der Waals surface area (Å²) in [5, 5.41) is 5.04. The number of nitrogens with zero attached hydrogens (tertiary/aromatic N) is 2. The first-order valence-corrected chi connectivity index (χ1v) is 19.4. The van der Waals surface area contributed by atoms with Crippen LogP contribution in [0.1, 0.15) is 36.0 Å². The molecular weight excluding hydrogens is 653 g/mol. The molecule has 2 unspecified atom stereocenters. The van der Waals surface area contributed by atoms with Crippen LogP contribution in [0.3, 0.4) is 0 Å². The summed E-state index contributed by atoms with van der Waals surface area (Å²) in [6.07, 6.45) is 29.7. The first-order chi connectivity index (χ1) is 26.8. The lowest BCUT2D eigenvalue weighted by Gasteiger charge is -2.38. The Morgan fingerprint density at radius 2 is 1.26 bits per heavy atom. The zero-order chi connectivity index (χ0) is 35.8. The van der Waals surface area contributed by atoms with Gasteiger partial charge in [-0.1, -0.05) is 158 Å². The highest BCUT2D eigenvalue weighted by Gasteiger charge is 2.28. The third kappa shape index (κ3) is 5.76. The van der Waals surface area contributed by atoms with Crippen LogP contribution in [0.2, 0.25) is 0 Å². The third-order valence-corrected chi connectivity index (χ3v) is 11.5. The van der Waals surface area contributed by atoms with Crippen molar-refractivity contribution in [3.05, 3.63) is 216 Å². The zero-order valence-corrected chi connectivity index (χ0v) is 30.4. The summed E-state index contributed by atoms with van der Waals surface area (Å²) < 4.78 is 0. The average molecular weight is 695 g/mol. The van der Waals surface area contributed by atoms with Crippen LogP contribution in [0, 0.1) is 5.92 Å². The van der Waals surface area contributed by atoms with Crippen LogP contribution in [0.5, 0.6) is 0 Å². The van der Waals surface area contributed by atoms with Crippen LogP contribution >= 0.6 is 0 Å². The van der Waals surface area contributed by atoms with Crippen molar-refractivity contribution in [1.29, 1.82) is 0 Å². The van der Waals surface area contributed by atoms with E-state index in [4.69, 9.17) is 0 Å². The van der Waals surface area contributed by atoms with Gasteiger partial charge in [0.1, 0.15) is 0 Å². The van der Waals surface area contributed by atoms with Gasteiger partial charge in [-0.05, 0) is 95.1 Å². The van der Waals surface area contributed by atoms with E-state index in [0.717, 1.165) is 31.4 Å². The van der Waals surface area contributed by atoms with E-state index in [-0.39, 0.29) is 6.04 Å². The van der Waals surface area contributed by atoms with E-state index in [1.54, 1.807) is 0 Å². The molecule has 4 aliphatic rings. The lowest BCUT2D eigenvalue weighted by Crippen LogP contribution is -2.35. The minimum Gasteiger partial charge on any atom is -0.333 e. The van der Waals surface area contributed by atoms with Gasteiger partial charge in [-0.25, -0.2) is 0 Å². The predicted octanol–water partition coefficient (Wildman–Crippen LogP) is 13.6. The smallest absolute Gasteiger partial charge is 0.0560 e. The molecule has 260 valence electrons. The van der Waals surface area contributed by atoms with Gasteiger partial charge in [0.15, 0.2) is 0 Å². The summed E-state index contributed by atoms with van der Waals surface area (Å²) >= 11 is 0. The van der Waals surface area contributed by atoms with Crippen molar-refractivity contribution in [1.82, 2.24) is 0 Å². The number of hydrogen-bond donors (Lipinski definition) is 0. The molecule has 0 N–H and O–H groups in total. The number of aryl methyl sites for hydroxylation is 1. The van der Waals surface area contributed by atoms with Gasteiger partial charge in [0.05, 0.1) is 17.4 Å². The highest BCUT2D eigenvalue weighted by molar-refractivity contribution is 6.00.